The third-order valence-corrected chi connectivity index (χ3v) is 4.45. The molecule has 0 unspecified atom stereocenters. The van der Waals surface area contributed by atoms with E-state index in [1.807, 2.05) is 37.3 Å². The van der Waals surface area contributed by atoms with Crippen LogP contribution in [0.4, 0.5) is 5.69 Å². The van der Waals surface area contributed by atoms with Gasteiger partial charge < -0.3 is 10.1 Å². The topological polar surface area (TPSA) is 75.6 Å². The SMILES string of the molecule is CCOc1ccc(C(=O)NC(=NCc2cccnc2)Nc2ccccc2CC)cc1. The van der Waals surface area contributed by atoms with Gasteiger partial charge in [0.1, 0.15) is 5.75 Å². The number of benzene rings is 2. The van der Waals surface area contributed by atoms with Crippen LogP contribution in [0.25, 0.3) is 0 Å². The maximum atomic E-state index is 12.8. The third kappa shape index (κ3) is 5.91. The van der Waals surface area contributed by atoms with Crippen molar-refractivity contribution in [2.75, 3.05) is 11.9 Å². The van der Waals surface area contributed by atoms with Crippen LogP contribution in [0.1, 0.15) is 35.3 Å². The van der Waals surface area contributed by atoms with E-state index in [2.05, 4.69) is 33.6 Å². The van der Waals surface area contributed by atoms with Gasteiger partial charge in [-0.15, -0.1) is 0 Å². The van der Waals surface area contributed by atoms with E-state index in [0.717, 1.165) is 29.0 Å². The molecule has 3 rings (SSSR count). The second-order valence-electron chi connectivity index (χ2n) is 6.57. The summed E-state index contributed by atoms with van der Waals surface area (Å²) >= 11 is 0. The van der Waals surface area contributed by atoms with Gasteiger partial charge in [0.2, 0.25) is 5.96 Å². The summed E-state index contributed by atoms with van der Waals surface area (Å²) in [7, 11) is 0. The van der Waals surface area contributed by atoms with Gasteiger partial charge in [-0.2, -0.15) is 0 Å². The summed E-state index contributed by atoms with van der Waals surface area (Å²) in [6.45, 7) is 4.99. The number of guanidine groups is 1. The highest BCUT2D eigenvalue weighted by Gasteiger charge is 2.11. The van der Waals surface area contributed by atoms with Crippen LogP contribution in [0, 0.1) is 0 Å². The molecule has 2 aromatic carbocycles. The number of nitrogens with zero attached hydrogens (tertiary/aromatic N) is 2. The summed E-state index contributed by atoms with van der Waals surface area (Å²) in [5.41, 5.74) is 3.54. The molecule has 0 aliphatic rings. The molecule has 0 saturated carbocycles. The standard InChI is InChI=1S/C24H26N4O2/c1-3-19-9-5-6-10-22(19)27-24(26-17-18-8-7-15-25-16-18)28-23(29)20-11-13-21(14-12-20)30-4-2/h5-16H,3-4,17H2,1-2H3,(H2,26,27,28,29). The zero-order valence-electron chi connectivity index (χ0n) is 17.3. The second-order valence-corrected chi connectivity index (χ2v) is 6.57. The molecule has 0 bridgehead atoms. The number of nitrogens with one attached hydrogen (secondary N) is 2. The first-order valence-corrected chi connectivity index (χ1v) is 10.0. The maximum Gasteiger partial charge on any atom is 0.257 e. The molecule has 1 amide bonds. The van der Waals surface area contributed by atoms with Gasteiger partial charge in [-0.05, 0) is 60.9 Å². The number of rotatable bonds is 7. The van der Waals surface area contributed by atoms with Crippen molar-refractivity contribution in [3.05, 3.63) is 89.7 Å². The molecule has 0 radical (unpaired) electrons. The fourth-order valence-electron chi connectivity index (χ4n) is 2.90. The van der Waals surface area contributed by atoms with Crippen LogP contribution in [-0.2, 0) is 13.0 Å². The molecule has 30 heavy (non-hydrogen) atoms. The van der Waals surface area contributed by atoms with Crippen LogP contribution >= 0.6 is 0 Å². The van der Waals surface area contributed by atoms with Crippen LogP contribution in [0.15, 0.2) is 78.0 Å². The first kappa shape index (κ1) is 21.0. The highest BCUT2D eigenvalue weighted by atomic mass is 16.5. The minimum Gasteiger partial charge on any atom is -0.494 e. The van der Waals surface area contributed by atoms with Gasteiger partial charge in [0.15, 0.2) is 0 Å². The van der Waals surface area contributed by atoms with E-state index < -0.39 is 0 Å². The van der Waals surface area contributed by atoms with Crippen molar-refractivity contribution < 1.29 is 9.53 Å². The number of amides is 1. The Morgan fingerprint density at radius 3 is 2.53 bits per heavy atom. The van der Waals surface area contributed by atoms with Crippen LogP contribution in [-0.4, -0.2) is 23.5 Å². The molecular formula is C24H26N4O2. The lowest BCUT2D eigenvalue weighted by molar-refractivity contribution is 0.0977. The highest BCUT2D eigenvalue weighted by Crippen LogP contribution is 2.16. The van der Waals surface area contributed by atoms with E-state index in [9.17, 15) is 4.79 Å². The Kier molecular flexibility index (Phi) is 7.55. The van der Waals surface area contributed by atoms with E-state index in [1.54, 1.807) is 36.7 Å². The van der Waals surface area contributed by atoms with E-state index in [4.69, 9.17) is 4.74 Å². The summed E-state index contributed by atoms with van der Waals surface area (Å²) < 4.78 is 5.44. The van der Waals surface area contributed by atoms with Crippen molar-refractivity contribution in [2.24, 2.45) is 4.99 Å². The Morgan fingerprint density at radius 1 is 1.03 bits per heavy atom. The number of anilines is 1. The number of ether oxygens (including phenoxy) is 1. The zero-order chi connectivity index (χ0) is 21.2. The van der Waals surface area contributed by atoms with E-state index >= 15 is 0 Å². The smallest absolute Gasteiger partial charge is 0.257 e. The first-order chi connectivity index (χ1) is 14.7. The molecule has 1 aromatic heterocycles. The van der Waals surface area contributed by atoms with Crippen molar-refractivity contribution in [1.29, 1.82) is 0 Å². The minimum absolute atomic E-state index is 0.246. The molecule has 0 fully saturated rings. The summed E-state index contributed by atoms with van der Waals surface area (Å²) in [6, 6.07) is 18.8. The molecule has 6 nitrogen and oxygen atoms in total. The fraction of sp³-hybridized carbons (Fsp3) is 0.208. The largest absolute Gasteiger partial charge is 0.494 e. The Morgan fingerprint density at radius 2 is 1.83 bits per heavy atom. The molecule has 154 valence electrons. The van der Waals surface area contributed by atoms with Crippen LogP contribution in [0.2, 0.25) is 0 Å². The van der Waals surface area contributed by atoms with E-state index in [1.165, 1.54) is 0 Å². The highest BCUT2D eigenvalue weighted by molar-refractivity contribution is 6.10. The number of aliphatic imine (C=N–C) groups is 1. The number of pyridine rings is 1. The van der Waals surface area contributed by atoms with Crippen LogP contribution < -0.4 is 15.4 Å². The molecule has 2 N–H and O–H groups in total. The number of para-hydroxylation sites is 1. The predicted molar refractivity (Wildman–Crippen MR) is 120 cm³/mol. The lowest BCUT2D eigenvalue weighted by atomic mass is 10.1. The monoisotopic (exact) mass is 402 g/mol. The van der Waals surface area contributed by atoms with Gasteiger partial charge >= 0.3 is 0 Å². The number of hydrogen-bond acceptors (Lipinski definition) is 4. The Labute approximate surface area is 177 Å². The van der Waals surface area contributed by atoms with Gasteiger partial charge in [0.05, 0.1) is 13.2 Å². The maximum absolute atomic E-state index is 12.8. The molecule has 0 aliphatic carbocycles. The van der Waals surface area contributed by atoms with Crippen LogP contribution in [0.5, 0.6) is 5.75 Å². The Bertz CT molecular complexity index is 986. The van der Waals surface area contributed by atoms with Gasteiger partial charge in [-0.25, -0.2) is 4.99 Å². The average molecular weight is 402 g/mol. The van der Waals surface area contributed by atoms with Crippen molar-refractivity contribution in [3.8, 4) is 5.75 Å². The summed E-state index contributed by atoms with van der Waals surface area (Å²) in [5, 5.41) is 6.17. The average Bonchev–Trinajstić information content (AvgIpc) is 2.79. The van der Waals surface area contributed by atoms with Gasteiger partial charge in [-0.3, -0.25) is 15.1 Å². The Hall–Kier alpha value is -3.67. The molecule has 3 aromatic rings. The number of aryl methyl sites for hydroxylation is 1. The number of hydrogen-bond donors (Lipinski definition) is 2. The number of aromatic nitrogens is 1. The minimum atomic E-state index is -0.246. The molecule has 0 saturated heterocycles. The molecular weight excluding hydrogens is 376 g/mol. The number of carbonyl (C=O) groups excluding carboxylic acids is 1. The van der Waals surface area contributed by atoms with Gasteiger partial charge in [-0.1, -0.05) is 31.2 Å². The molecule has 6 heteroatoms. The number of carbonyl (C=O) groups is 1. The molecule has 0 atom stereocenters. The summed E-state index contributed by atoms with van der Waals surface area (Å²) in [4.78, 5) is 21.5. The first-order valence-electron chi connectivity index (χ1n) is 10.0. The van der Waals surface area contributed by atoms with Gasteiger partial charge in [0, 0.05) is 23.6 Å². The van der Waals surface area contributed by atoms with Crippen molar-refractivity contribution in [1.82, 2.24) is 10.3 Å². The zero-order valence-corrected chi connectivity index (χ0v) is 17.3. The molecule has 1 heterocycles. The lowest BCUT2D eigenvalue weighted by Gasteiger charge is -2.14. The van der Waals surface area contributed by atoms with E-state index in [-0.39, 0.29) is 5.91 Å². The third-order valence-electron chi connectivity index (χ3n) is 4.45. The predicted octanol–water partition coefficient (Wildman–Crippen LogP) is 4.44. The quantitative estimate of drug-likeness (QED) is 0.452. The Balaban J connectivity index is 1.80. The van der Waals surface area contributed by atoms with Crippen LogP contribution in [0.3, 0.4) is 0 Å². The van der Waals surface area contributed by atoms with Gasteiger partial charge in [0.25, 0.3) is 5.91 Å². The second kappa shape index (κ2) is 10.8. The molecule has 0 spiro atoms. The normalized spacial score (nSPS) is 11.1. The van der Waals surface area contributed by atoms with E-state index in [0.29, 0.717) is 24.7 Å². The fourth-order valence-corrected chi connectivity index (χ4v) is 2.90. The van der Waals surface area contributed by atoms with Crippen molar-refractivity contribution >= 4 is 17.6 Å². The van der Waals surface area contributed by atoms with Crippen molar-refractivity contribution in [2.45, 2.75) is 26.8 Å². The lowest BCUT2D eigenvalue weighted by Crippen LogP contribution is -2.36. The summed E-state index contributed by atoms with van der Waals surface area (Å²) in [6.07, 6.45) is 4.35. The van der Waals surface area contributed by atoms with Crippen molar-refractivity contribution in [3.63, 3.8) is 0 Å². The molecule has 0 aliphatic heterocycles. The summed E-state index contributed by atoms with van der Waals surface area (Å²) in [5.74, 6) is 0.873.